The summed E-state index contributed by atoms with van der Waals surface area (Å²) in [5.74, 6) is 0. The highest BCUT2D eigenvalue weighted by Crippen LogP contribution is 2.45. The summed E-state index contributed by atoms with van der Waals surface area (Å²) in [5, 5.41) is 6.65. The number of furan rings is 1. The molecule has 0 unspecified atom stereocenters. The Bertz CT molecular complexity index is 4890. The second-order valence-corrected chi connectivity index (χ2v) is 22.1. The van der Waals surface area contributed by atoms with Gasteiger partial charge in [-0.1, -0.05) is 159 Å². The molecule has 10 aromatic carbocycles. The number of hydrogen-bond donors (Lipinski definition) is 0. The van der Waals surface area contributed by atoms with Crippen LogP contribution >= 0.6 is 0 Å². The van der Waals surface area contributed by atoms with Gasteiger partial charge in [-0.15, -0.1) is 0 Å². The summed E-state index contributed by atoms with van der Waals surface area (Å²) in [6.45, 7) is 4.00. The Kier molecular flexibility index (Phi) is 13.2. The monoisotopic (exact) mass is 1140 g/mol. The molecule has 0 amide bonds. The normalized spacial score (nSPS) is 11.5. The third kappa shape index (κ3) is 9.14. The number of hydrogen-bond acceptors (Lipinski definition) is 5. The Morgan fingerprint density at radius 2 is 0.494 bits per heavy atom. The van der Waals surface area contributed by atoms with Crippen molar-refractivity contribution < 1.29 is 4.42 Å². The van der Waals surface area contributed by atoms with E-state index in [-0.39, 0.29) is 0 Å². The minimum absolute atomic E-state index is 0.822. The van der Waals surface area contributed by atoms with Crippen LogP contribution in [0.4, 0.5) is 0 Å². The van der Waals surface area contributed by atoms with Crippen LogP contribution in [0.15, 0.2) is 308 Å². The summed E-state index contributed by atoms with van der Waals surface area (Å²) in [4.78, 5) is 19.1. The predicted molar refractivity (Wildman–Crippen MR) is 368 cm³/mol. The zero-order valence-electron chi connectivity index (χ0n) is 49.0. The molecule has 89 heavy (non-hydrogen) atoms. The minimum Gasteiger partial charge on any atom is -0.456 e. The van der Waals surface area contributed by atoms with Crippen LogP contribution < -0.4 is 0 Å². The van der Waals surface area contributed by atoms with Crippen LogP contribution in [0, 0.1) is 0 Å². The fourth-order valence-electron chi connectivity index (χ4n) is 13.2. The molecule has 0 aliphatic heterocycles. The average Bonchev–Trinajstić information content (AvgIpc) is 2.03. The van der Waals surface area contributed by atoms with Gasteiger partial charge in [-0.05, 0) is 178 Å². The molecule has 0 bridgehead atoms. The largest absolute Gasteiger partial charge is 0.456 e. The van der Waals surface area contributed by atoms with Gasteiger partial charge in [0.1, 0.15) is 11.2 Å². The Morgan fingerprint density at radius 3 is 0.753 bits per heavy atom. The van der Waals surface area contributed by atoms with Crippen molar-refractivity contribution in [3.63, 3.8) is 0 Å². The molecule has 17 aromatic rings. The molecular formula is C82H56N6O. The summed E-state index contributed by atoms with van der Waals surface area (Å²) in [7, 11) is 0. The zero-order valence-corrected chi connectivity index (χ0v) is 49.0. The van der Waals surface area contributed by atoms with Crippen molar-refractivity contribution in [3.8, 4) is 101 Å². The van der Waals surface area contributed by atoms with Crippen molar-refractivity contribution in [3.05, 3.63) is 304 Å². The summed E-state index contributed by atoms with van der Waals surface area (Å²) >= 11 is 0. The van der Waals surface area contributed by atoms with Crippen LogP contribution in [0.2, 0.25) is 0 Å². The van der Waals surface area contributed by atoms with E-state index in [1.165, 1.54) is 0 Å². The maximum Gasteiger partial charge on any atom is 0.135 e. The van der Waals surface area contributed by atoms with Gasteiger partial charge in [0.2, 0.25) is 0 Å². The fourth-order valence-corrected chi connectivity index (χ4v) is 13.2. The fraction of sp³-hybridized carbons (Fsp3) is 0.0244. The van der Waals surface area contributed by atoms with Gasteiger partial charge in [-0.2, -0.15) is 0 Å². The van der Waals surface area contributed by atoms with Gasteiger partial charge in [0.15, 0.2) is 0 Å². The third-order valence-corrected chi connectivity index (χ3v) is 17.2. The lowest BCUT2D eigenvalue weighted by atomic mass is 9.94. The third-order valence-electron chi connectivity index (χ3n) is 17.2. The Hall–Kier alpha value is -11.8. The number of benzene rings is 10. The highest BCUT2D eigenvalue weighted by atomic mass is 16.3. The maximum atomic E-state index is 6.76. The lowest BCUT2D eigenvalue weighted by Crippen LogP contribution is -1.95. The van der Waals surface area contributed by atoms with E-state index in [4.69, 9.17) is 24.4 Å². The quantitative estimate of drug-likeness (QED) is 0.136. The molecule has 0 aliphatic carbocycles. The molecule has 420 valence electrons. The predicted octanol–water partition coefficient (Wildman–Crippen LogP) is 21.7. The topological polar surface area (TPSA) is 74.6 Å². The van der Waals surface area contributed by atoms with Gasteiger partial charge in [0.05, 0.1) is 44.8 Å². The lowest BCUT2D eigenvalue weighted by molar-refractivity contribution is 0.669. The smallest absolute Gasteiger partial charge is 0.135 e. The molecule has 7 heterocycles. The van der Waals surface area contributed by atoms with Gasteiger partial charge in [0.25, 0.3) is 0 Å². The molecule has 0 atom stereocenters. The van der Waals surface area contributed by atoms with E-state index in [0.717, 1.165) is 166 Å². The summed E-state index contributed by atoms with van der Waals surface area (Å²) in [6.07, 6.45) is 7.45. The van der Waals surface area contributed by atoms with Crippen LogP contribution in [0.1, 0.15) is 13.8 Å². The molecule has 0 N–H and O–H groups in total. The van der Waals surface area contributed by atoms with E-state index in [1.807, 2.05) is 87.2 Å². The first-order chi connectivity index (χ1) is 44.1. The molecule has 0 radical (unpaired) electrons. The molecule has 7 heteroatoms. The molecule has 0 saturated heterocycles. The van der Waals surface area contributed by atoms with Crippen LogP contribution in [0.3, 0.4) is 0 Å². The highest BCUT2D eigenvalue weighted by molar-refractivity contribution is 6.15. The first-order valence-corrected chi connectivity index (χ1v) is 30.3. The average molecular weight is 1140 g/mol. The second kappa shape index (κ2) is 22.2. The Balaban J connectivity index is 0.00000315. The molecule has 0 aliphatic rings. The van der Waals surface area contributed by atoms with Crippen molar-refractivity contribution in [2.24, 2.45) is 0 Å². The molecule has 7 nitrogen and oxygen atoms in total. The first-order valence-electron chi connectivity index (χ1n) is 30.3. The zero-order chi connectivity index (χ0) is 59.4. The molecule has 0 spiro atoms. The van der Waals surface area contributed by atoms with Crippen LogP contribution in [-0.4, -0.2) is 29.1 Å². The van der Waals surface area contributed by atoms with Gasteiger partial charge in [-0.3, -0.25) is 19.9 Å². The molecule has 0 saturated carbocycles. The van der Waals surface area contributed by atoms with Crippen LogP contribution in [0.25, 0.3) is 166 Å². The Morgan fingerprint density at radius 1 is 0.236 bits per heavy atom. The van der Waals surface area contributed by atoms with Crippen molar-refractivity contribution >= 4 is 65.6 Å². The maximum absolute atomic E-state index is 6.76. The number of aromatic nitrogens is 6. The van der Waals surface area contributed by atoms with E-state index < -0.39 is 0 Å². The van der Waals surface area contributed by atoms with Gasteiger partial charge in [0, 0.05) is 90.7 Å². The van der Waals surface area contributed by atoms with Crippen molar-refractivity contribution in [1.29, 1.82) is 0 Å². The standard InChI is InChI=1S/C80H50N6O.C2H6/c1-5-21-61(71-25-9-13-41-81-71)57(17-1)51-29-35-75-65(45-51)66-46-52(58-18-2-6-22-62(58)72-26-10-14-42-82-72)30-36-76(66)85(75)55-33-39-79-69(49-55)70-50-56(34-40-80(70)87-79)86-77-37-31-53(59-19-3-7-23-63(59)73-27-11-15-43-83-73)47-67(77)68-48-54(32-38-78(68)86)60-20-4-8-24-64(60)74-28-12-16-44-84-74;1-2/h1-50H;1-2H3. The van der Waals surface area contributed by atoms with Gasteiger partial charge < -0.3 is 13.6 Å². The molecule has 17 rings (SSSR count). The van der Waals surface area contributed by atoms with Crippen molar-refractivity contribution in [2.45, 2.75) is 13.8 Å². The van der Waals surface area contributed by atoms with Crippen LogP contribution in [0.5, 0.6) is 0 Å². The van der Waals surface area contributed by atoms with Crippen LogP contribution in [-0.2, 0) is 0 Å². The SMILES string of the molecule is CC.c1ccc(-c2ccccc2-c2ccc3c(c2)c2cc(-c4ccccc4-c4ccccn4)ccc2n3-c2ccc3oc4ccc(-n5c6ccc(-c7ccccc7-c7ccccn7)cc6c6cc(-c7ccccc7-c7ccccn7)ccc65)cc4c3c2)nc1. The number of fused-ring (bicyclic) bond motifs is 9. The molecule has 7 aromatic heterocycles. The molecular weight excluding hydrogens is 1080 g/mol. The summed E-state index contributed by atoms with van der Waals surface area (Å²) < 4.78 is 11.6. The number of nitrogens with zero attached hydrogens (tertiary/aromatic N) is 6. The van der Waals surface area contributed by atoms with Gasteiger partial charge >= 0.3 is 0 Å². The van der Waals surface area contributed by atoms with Crippen molar-refractivity contribution in [1.82, 2.24) is 29.1 Å². The summed E-state index contributed by atoms with van der Waals surface area (Å²) in [6, 6.07) is 99.5. The first kappa shape index (κ1) is 52.7. The molecule has 0 fully saturated rings. The van der Waals surface area contributed by atoms with Gasteiger partial charge in [-0.25, -0.2) is 0 Å². The minimum atomic E-state index is 0.822. The lowest BCUT2D eigenvalue weighted by Gasteiger charge is -2.12. The van der Waals surface area contributed by atoms with E-state index in [9.17, 15) is 0 Å². The van der Waals surface area contributed by atoms with E-state index in [1.54, 1.807) is 0 Å². The van der Waals surface area contributed by atoms with Crippen molar-refractivity contribution in [2.75, 3.05) is 0 Å². The second-order valence-electron chi connectivity index (χ2n) is 22.1. The highest BCUT2D eigenvalue weighted by Gasteiger charge is 2.22. The number of rotatable bonds is 10. The Labute approximate surface area is 514 Å². The van der Waals surface area contributed by atoms with E-state index in [0.29, 0.717) is 0 Å². The summed E-state index contributed by atoms with van der Waals surface area (Å²) in [5.41, 5.74) is 25.2. The van der Waals surface area contributed by atoms with E-state index >= 15 is 0 Å². The number of pyridine rings is 4. The van der Waals surface area contributed by atoms with E-state index in [2.05, 4.69) is 240 Å².